The molecule has 0 spiro atoms. The molecule has 1 unspecified atom stereocenters. The van der Waals surface area contributed by atoms with Crippen LogP contribution in [-0.4, -0.2) is 27.9 Å². The average Bonchev–Trinajstić information content (AvgIpc) is 2.29. The number of hydrogen-bond acceptors (Lipinski definition) is 2. The third-order valence-electron chi connectivity index (χ3n) is 2.18. The van der Waals surface area contributed by atoms with Gasteiger partial charge in [0.05, 0.1) is 0 Å². The van der Waals surface area contributed by atoms with Crippen molar-refractivity contribution in [1.82, 2.24) is 5.32 Å². The number of unbranched alkanes of at least 4 members (excludes halogenated alkanes) is 1. The molecule has 0 saturated carbocycles. The number of para-hydroxylation sites is 1. The number of rotatable bonds is 6. The van der Waals surface area contributed by atoms with Crippen LogP contribution in [0.15, 0.2) is 30.3 Å². The highest BCUT2D eigenvalue weighted by Gasteiger charge is 1.96. The third kappa shape index (κ3) is 7.07. The van der Waals surface area contributed by atoms with Gasteiger partial charge >= 0.3 is 0 Å². The SMILES string of the molecule is CS(=O)CCCCNC(=S)Nc1ccccc1. The predicted octanol–water partition coefficient (Wildman–Crippen LogP) is 2.13. The normalized spacial score (nSPS) is 11.8. The zero-order chi connectivity index (χ0) is 12.5. The molecule has 0 fully saturated rings. The molecule has 3 nitrogen and oxygen atoms in total. The van der Waals surface area contributed by atoms with Crippen LogP contribution in [0.1, 0.15) is 12.8 Å². The first-order chi connectivity index (χ1) is 8.18. The Bertz CT molecular complexity index is 368. The summed E-state index contributed by atoms with van der Waals surface area (Å²) in [4.78, 5) is 0. The van der Waals surface area contributed by atoms with Crippen LogP contribution in [-0.2, 0) is 10.8 Å². The maximum atomic E-state index is 10.8. The molecule has 0 aliphatic heterocycles. The summed E-state index contributed by atoms with van der Waals surface area (Å²) < 4.78 is 10.8. The lowest BCUT2D eigenvalue weighted by atomic mass is 10.3. The third-order valence-corrected chi connectivity index (χ3v) is 3.29. The van der Waals surface area contributed by atoms with Gasteiger partial charge in [-0.2, -0.15) is 0 Å². The molecular formula is C12H18N2OS2. The summed E-state index contributed by atoms with van der Waals surface area (Å²) in [5.41, 5.74) is 0.986. The Balaban J connectivity index is 2.12. The standard InChI is InChI=1S/C12H18N2OS2/c1-17(15)10-6-5-9-13-12(16)14-11-7-3-2-4-8-11/h2-4,7-8H,5-6,9-10H2,1H3,(H2,13,14,16). The van der Waals surface area contributed by atoms with E-state index in [1.807, 2.05) is 30.3 Å². The Hall–Kier alpha value is -0.940. The van der Waals surface area contributed by atoms with Crippen LogP contribution < -0.4 is 10.6 Å². The van der Waals surface area contributed by atoms with E-state index < -0.39 is 10.8 Å². The van der Waals surface area contributed by atoms with Gasteiger partial charge in [-0.05, 0) is 37.2 Å². The van der Waals surface area contributed by atoms with Crippen LogP contribution in [0.3, 0.4) is 0 Å². The Labute approximate surface area is 110 Å². The van der Waals surface area contributed by atoms with Crippen molar-refractivity contribution in [2.45, 2.75) is 12.8 Å². The van der Waals surface area contributed by atoms with Crippen molar-refractivity contribution in [1.29, 1.82) is 0 Å². The zero-order valence-electron chi connectivity index (χ0n) is 9.94. The number of benzene rings is 1. The molecule has 5 heteroatoms. The molecule has 0 saturated heterocycles. The summed E-state index contributed by atoms with van der Waals surface area (Å²) >= 11 is 5.15. The van der Waals surface area contributed by atoms with Crippen molar-refractivity contribution in [3.63, 3.8) is 0 Å². The molecule has 1 aromatic rings. The summed E-state index contributed by atoms with van der Waals surface area (Å²) in [7, 11) is -0.687. The highest BCUT2D eigenvalue weighted by atomic mass is 32.2. The fraction of sp³-hybridized carbons (Fsp3) is 0.417. The van der Waals surface area contributed by atoms with Gasteiger partial charge in [-0.25, -0.2) is 0 Å². The van der Waals surface area contributed by atoms with E-state index in [1.54, 1.807) is 6.26 Å². The quantitative estimate of drug-likeness (QED) is 0.614. The van der Waals surface area contributed by atoms with Crippen molar-refractivity contribution >= 4 is 33.8 Å². The summed E-state index contributed by atoms with van der Waals surface area (Å²) in [5.74, 6) is 0.764. The van der Waals surface area contributed by atoms with Crippen LogP contribution >= 0.6 is 12.2 Å². The Morgan fingerprint density at radius 2 is 2.00 bits per heavy atom. The lowest BCUT2D eigenvalue weighted by Crippen LogP contribution is -2.29. The first kappa shape index (κ1) is 14.1. The average molecular weight is 270 g/mol. The van der Waals surface area contributed by atoms with Crippen LogP contribution in [0, 0.1) is 0 Å². The van der Waals surface area contributed by atoms with E-state index in [2.05, 4.69) is 10.6 Å². The van der Waals surface area contributed by atoms with Gasteiger partial charge in [-0.1, -0.05) is 18.2 Å². The van der Waals surface area contributed by atoms with Crippen molar-refractivity contribution in [3.05, 3.63) is 30.3 Å². The Morgan fingerprint density at radius 1 is 1.29 bits per heavy atom. The lowest BCUT2D eigenvalue weighted by molar-refractivity contribution is 0.680. The minimum atomic E-state index is -0.687. The second kappa shape index (κ2) is 8.20. The largest absolute Gasteiger partial charge is 0.362 e. The van der Waals surface area contributed by atoms with Gasteiger partial charge in [0.2, 0.25) is 0 Å². The monoisotopic (exact) mass is 270 g/mol. The first-order valence-corrected chi connectivity index (χ1v) is 7.72. The molecule has 0 aliphatic rings. The van der Waals surface area contributed by atoms with Crippen molar-refractivity contribution in [2.75, 3.05) is 23.9 Å². The van der Waals surface area contributed by atoms with E-state index >= 15 is 0 Å². The first-order valence-electron chi connectivity index (χ1n) is 5.58. The molecular weight excluding hydrogens is 252 g/mol. The van der Waals surface area contributed by atoms with Crippen LogP contribution in [0.2, 0.25) is 0 Å². The summed E-state index contributed by atoms with van der Waals surface area (Å²) in [5, 5.41) is 6.86. The highest BCUT2D eigenvalue weighted by molar-refractivity contribution is 7.84. The fourth-order valence-corrected chi connectivity index (χ4v) is 2.16. The van der Waals surface area contributed by atoms with Crippen LogP contribution in [0.4, 0.5) is 5.69 Å². The molecule has 2 N–H and O–H groups in total. The number of nitrogens with one attached hydrogen (secondary N) is 2. The molecule has 0 aliphatic carbocycles. The van der Waals surface area contributed by atoms with Crippen LogP contribution in [0.25, 0.3) is 0 Å². The smallest absolute Gasteiger partial charge is 0.170 e. The summed E-state index contributed by atoms with van der Waals surface area (Å²) in [6.07, 6.45) is 3.68. The molecule has 1 rings (SSSR count). The van der Waals surface area contributed by atoms with Gasteiger partial charge < -0.3 is 10.6 Å². The van der Waals surface area contributed by atoms with Gasteiger partial charge in [0.25, 0.3) is 0 Å². The topological polar surface area (TPSA) is 41.1 Å². The van der Waals surface area contributed by atoms with Gasteiger partial charge in [-0.15, -0.1) is 0 Å². The lowest BCUT2D eigenvalue weighted by Gasteiger charge is -2.09. The summed E-state index contributed by atoms with van der Waals surface area (Å²) in [6.45, 7) is 0.815. The van der Waals surface area contributed by atoms with Gasteiger partial charge in [0.15, 0.2) is 5.11 Å². The molecule has 0 amide bonds. The molecule has 0 aromatic heterocycles. The Morgan fingerprint density at radius 3 is 2.65 bits per heavy atom. The second-order valence-corrected chi connectivity index (χ2v) is 5.69. The van der Waals surface area contributed by atoms with Crippen molar-refractivity contribution < 1.29 is 4.21 Å². The van der Waals surface area contributed by atoms with Crippen LogP contribution in [0.5, 0.6) is 0 Å². The Kier molecular flexibility index (Phi) is 6.81. The molecule has 1 aromatic carbocycles. The van der Waals surface area contributed by atoms with E-state index in [0.29, 0.717) is 5.11 Å². The zero-order valence-corrected chi connectivity index (χ0v) is 11.6. The van der Waals surface area contributed by atoms with Crippen molar-refractivity contribution in [2.24, 2.45) is 0 Å². The van der Waals surface area contributed by atoms with E-state index in [9.17, 15) is 4.21 Å². The summed E-state index contributed by atoms with van der Waals surface area (Å²) in [6, 6.07) is 9.82. The van der Waals surface area contributed by atoms with E-state index in [1.165, 1.54) is 0 Å². The van der Waals surface area contributed by atoms with Gasteiger partial charge in [0.1, 0.15) is 0 Å². The van der Waals surface area contributed by atoms with Crippen molar-refractivity contribution in [3.8, 4) is 0 Å². The minimum absolute atomic E-state index is 0.633. The van der Waals surface area contributed by atoms with Gasteiger partial charge in [0, 0.05) is 35.0 Å². The second-order valence-electron chi connectivity index (χ2n) is 3.73. The van der Waals surface area contributed by atoms with Gasteiger partial charge in [-0.3, -0.25) is 4.21 Å². The highest BCUT2D eigenvalue weighted by Crippen LogP contribution is 2.04. The number of hydrogen-bond donors (Lipinski definition) is 2. The minimum Gasteiger partial charge on any atom is -0.362 e. The molecule has 0 radical (unpaired) electrons. The maximum absolute atomic E-state index is 10.8. The molecule has 0 bridgehead atoms. The molecule has 0 heterocycles. The molecule has 1 atom stereocenters. The van der Waals surface area contributed by atoms with E-state index in [4.69, 9.17) is 12.2 Å². The van der Waals surface area contributed by atoms with E-state index in [-0.39, 0.29) is 0 Å². The number of anilines is 1. The predicted molar refractivity (Wildman–Crippen MR) is 78.8 cm³/mol. The number of thiocarbonyl (C=S) groups is 1. The molecule has 17 heavy (non-hydrogen) atoms. The molecule has 94 valence electrons. The van der Waals surface area contributed by atoms with E-state index in [0.717, 1.165) is 30.8 Å². The fourth-order valence-electron chi connectivity index (χ4n) is 1.33. The maximum Gasteiger partial charge on any atom is 0.170 e.